The molecule has 0 saturated heterocycles. The first-order chi connectivity index (χ1) is 12.3. The quantitative estimate of drug-likeness (QED) is 0.513. The van der Waals surface area contributed by atoms with Gasteiger partial charge >= 0.3 is 5.69 Å². The van der Waals surface area contributed by atoms with Gasteiger partial charge in [-0.15, -0.1) is 0 Å². The second-order valence-electron chi connectivity index (χ2n) is 5.80. The smallest absolute Gasteiger partial charge is 0.313 e. The number of unbranched alkanes of at least 4 members (excludes halogenated alkanes) is 1. The van der Waals surface area contributed by atoms with E-state index in [1.54, 1.807) is 11.6 Å². The van der Waals surface area contributed by atoms with Crippen LogP contribution in [0, 0.1) is 0 Å². The van der Waals surface area contributed by atoms with Crippen molar-refractivity contribution in [2.45, 2.75) is 38.4 Å². The number of amides is 2. The fourth-order valence-corrected chi connectivity index (χ4v) is 3.21. The molecule has 0 spiro atoms. The van der Waals surface area contributed by atoms with Crippen molar-refractivity contribution in [3.63, 3.8) is 0 Å². The molecular weight excluding hydrogens is 360 g/mol. The van der Waals surface area contributed by atoms with E-state index in [-0.39, 0.29) is 11.7 Å². The van der Waals surface area contributed by atoms with Crippen molar-refractivity contribution in [1.82, 2.24) is 29.5 Å². The second kappa shape index (κ2) is 8.21. The summed E-state index contributed by atoms with van der Waals surface area (Å²) in [5.74, 6) is -0.776. The van der Waals surface area contributed by atoms with Crippen LogP contribution in [-0.4, -0.2) is 36.3 Å². The van der Waals surface area contributed by atoms with Gasteiger partial charge in [-0.25, -0.2) is 9.78 Å². The van der Waals surface area contributed by atoms with Gasteiger partial charge in [-0.3, -0.25) is 34.4 Å². The lowest BCUT2D eigenvalue weighted by Crippen LogP contribution is -2.41. The van der Waals surface area contributed by atoms with Crippen molar-refractivity contribution >= 4 is 34.7 Å². The number of carbonyl (C=O) groups excluding carboxylic acids is 2. The zero-order valence-electron chi connectivity index (χ0n) is 15.2. The highest BCUT2D eigenvalue weighted by molar-refractivity contribution is 7.99. The van der Waals surface area contributed by atoms with E-state index in [4.69, 9.17) is 0 Å². The summed E-state index contributed by atoms with van der Waals surface area (Å²) in [5.41, 5.74) is 4.24. The molecule has 0 aliphatic heterocycles. The molecular formula is C15H22N6O4S. The Labute approximate surface area is 153 Å². The molecule has 0 aliphatic rings. The van der Waals surface area contributed by atoms with Gasteiger partial charge in [-0.1, -0.05) is 25.1 Å². The Morgan fingerprint density at radius 2 is 1.85 bits per heavy atom. The number of hydrazine groups is 1. The Kier molecular flexibility index (Phi) is 6.24. The number of nitrogens with zero attached hydrogens (tertiary/aromatic N) is 4. The van der Waals surface area contributed by atoms with E-state index >= 15 is 0 Å². The molecule has 26 heavy (non-hydrogen) atoms. The van der Waals surface area contributed by atoms with Gasteiger partial charge in [0.25, 0.3) is 5.56 Å². The van der Waals surface area contributed by atoms with Gasteiger partial charge in [0.15, 0.2) is 16.3 Å². The van der Waals surface area contributed by atoms with Gasteiger partial charge < -0.3 is 4.57 Å². The fraction of sp³-hybridized carbons (Fsp3) is 0.533. The van der Waals surface area contributed by atoms with Crippen molar-refractivity contribution in [3.8, 4) is 0 Å². The summed E-state index contributed by atoms with van der Waals surface area (Å²) in [7, 11) is 2.98. The van der Waals surface area contributed by atoms with Gasteiger partial charge in [0.1, 0.15) is 0 Å². The van der Waals surface area contributed by atoms with Crippen LogP contribution in [0.1, 0.15) is 26.7 Å². The number of aryl methyl sites for hydroxylation is 2. The Balaban J connectivity index is 2.42. The lowest BCUT2D eigenvalue weighted by atomic mass is 10.3. The van der Waals surface area contributed by atoms with Gasteiger partial charge in [-0.05, 0) is 6.42 Å². The lowest BCUT2D eigenvalue weighted by molar-refractivity contribution is -0.126. The zero-order chi connectivity index (χ0) is 19.4. The third kappa shape index (κ3) is 3.98. The van der Waals surface area contributed by atoms with Gasteiger partial charge in [0, 0.05) is 27.6 Å². The molecule has 2 N–H and O–H groups in total. The standard InChI is InChI=1S/C15H22N6O4S/c1-5-6-7-21-11-12(19(3)15(25)20(4)13(11)24)16-14(21)26-8-10(23)18-17-9(2)22/h5-8H2,1-4H3,(H,17,22)(H,18,23). The van der Waals surface area contributed by atoms with Crippen LogP contribution in [0.3, 0.4) is 0 Å². The Morgan fingerprint density at radius 1 is 1.15 bits per heavy atom. The molecule has 0 fully saturated rings. The maximum atomic E-state index is 12.6. The van der Waals surface area contributed by atoms with E-state index in [2.05, 4.69) is 15.8 Å². The number of thioether (sulfide) groups is 1. The molecule has 0 aromatic carbocycles. The van der Waals surface area contributed by atoms with E-state index in [9.17, 15) is 19.2 Å². The van der Waals surface area contributed by atoms with Crippen LogP contribution in [0.15, 0.2) is 14.7 Å². The molecule has 2 rings (SSSR count). The number of carbonyl (C=O) groups is 2. The number of fused-ring (bicyclic) bond motifs is 1. The number of rotatable bonds is 6. The van der Waals surface area contributed by atoms with Crippen molar-refractivity contribution in [2.24, 2.45) is 14.1 Å². The number of imidazole rings is 1. The van der Waals surface area contributed by atoms with Crippen LogP contribution in [0.5, 0.6) is 0 Å². The van der Waals surface area contributed by atoms with E-state index in [1.165, 1.54) is 18.5 Å². The summed E-state index contributed by atoms with van der Waals surface area (Å²) >= 11 is 1.14. The molecule has 2 aromatic rings. The summed E-state index contributed by atoms with van der Waals surface area (Å²) in [5, 5.41) is 0.477. The Morgan fingerprint density at radius 3 is 2.46 bits per heavy atom. The molecule has 10 nitrogen and oxygen atoms in total. The summed E-state index contributed by atoms with van der Waals surface area (Å²) < 4.78 is 4.11. The Bertz CT molecular complexity index is 958. The van der Waals surface area contributed by atoms with Crippen LogP contribution in [-0.2, 0) is 30.2 Å². The molecule has 142 valence electrons. The Hall–Kier alpha value is -2.56. The summed E-state index contributed by atoms with van der Waals surface area (Å²) in [4.78, 5) is 51.7. The first-order valence-corrected chi connectivity index (χ1v) is 9.11. The average molecular weight is 382 g/mol. The van der Waals surface area contributed by atoms with Crippen molar-refractivity contribution in [2.75, 3.05) is 5.75 Å². The van der Waals surface area contributed by atoms with E-state index in [1.807, 2.05) is 6.92 Å². The van der Waals surface area contributed by atoms with Crippen LogP contribution >= 0.6 is 11.8 Å². The molecule has 0 radical (unpaired) electrons. The third-order valence-electron chi connectivity index (χ3n) is 3.76. The maximum absolute atomic E-state index is 12.6. The minimum absolute atomic E-state index is 0.00396. The molecule has 2 heterocycles. The minimum Gasteiger partial charge on any atom is -0.313 e. The molecule has 0 bridgehead atoms. The van der Waals surface area contributed by atoms with Gasteiger partial charge in [0.05, 0.1) is 5.75 Å². The van der Waals surface area contributed by atoms with Gasteiger partial charge in [0.2, 0.25) is 11.8 Å². The largest absolute Gasteiger partial charge is 0.332 e. The second-order valence-corrected chi connectivity index (χ2v) is 6.74. The monoisotopic (exact) mass is 382 g/mol. The molecule has 2 aromatic heterocycles. The molecule has 0 unspecified atom stereocenters. The van der Waals surface area contributed by atoms with E-state index < -0.39 is 17.2 Å². The van der Waals surface area contributed by atoms with Gasteiger partial charge in [-0.2, -0.15) is 0 Å². The first kappa shape index (κ1) is 19.8. The van der Waals surface area contributed by atoms with Crippen molar-refractivity contribution < 1.29 is 9.59 Å². The number of aromatic nitrogens is 4. The van der Waals surface area contributed by atoms with Crippen LogP contribution in [0.2, 0.25) is 0 Å². The number of hydrogen-bond acceptors (Lipinski definition) is 6. The highest BCUT2D eigenvalue weighted by Gasteiger charge is 2.19. The summed E-state index contributed by atoms with van der Waals surface area (Å²) in [6.45, 7) is 3.87. The predicted octanol–water partition coefficient (Wildman–Crippen LogP) is -0.507. The molecule has 0 saturated carbocycles. The topological polar surface area (TPSA) is 120 Å². The highest BCUT2D eigenvalue weighted by Crippen LogP contribution is 2.22. The van der Waals surface area contributed by atoms with E-state index in [0.29, 0.717) is 22.9 Å². The first-order valence-electron chi connectivity index (χ1n) is 8.12. The lowest BCUT2D eigenvalue weighted by Gasteiger charge is -2.09. The highest BCUT2D eigenvalue weighted by atomic mass is 32.2. The number of nitrogens with one attached hydrogen (secondary N) is 2. The minimum atomic E-state index is -0.456. The number of hydrogen-bond donors (Lipinski definition) is 2. The predicted molar refractivity (Wildman–Crippen MR) is 97.8 cm³/mol. The molecule has 2 amide bonds. The average Bonchev–Trinajstić information content (AvgIpc) is 2.97. The normalized spacial score (nSPS) is 10.9. The van der Waals surface area contributed by atoms with Crippen molar-refractivity contribution in [1.29, 1.82) is 0 Å². The molecule has 11 heteroatoms. The maximum Gasteiger partial charge on any atom is 0.332 e. The fourth-order valence-electron chi connectivity index (χ4n) is 2.38. The SMILES string of the molecule is CCCCn1c(SCC(=O)NNC(C)=O)nc2c1c(=O)n(C)c(=O)n2C. The summed E-state index contributed by atoms with van der Waals surface area (Å²) in [6.07, 6.45) is 1.74. The van der Waals surface area contributed by atoms with Crippen LogP contribution in [0.25, 0.3) is 11.2 Å². The van der Waals surface area contributed by atoms with Crippen molar-refractivity contribution in [3.05, 3.63) is 20.8 Å². The summed E-state index contributed by atoms with van der Waals surface area (Å²) in [6, 6.07) is 0. The molecule has 0 aliphatic carbocycles. The van der Waals surface area contributed by atoms with Crippen LogP contribution in [0.4, 0.5) is 0 Å². The van der Waals surface area contributed by atoms with E-state index in [0.717, 1.165) is 29.2 Å². The third-order valence-corrected chi connectivity index (χ3v) is 4.73. The zero-order valence-corrected chi connectivity index (χ0v) is 16.0. The van der Waals surface area contributed by atoms with Crippen LogP contribution < -0.4 is 22.1 Å². The molecule has 0 atom stereocenters.